The summed E-state index contributed by atoms with van der Waals surface area (Å²) in [4.78, 5) is 25.1. The van der Waals surface area contributed by atoms with Crippen molar-refractivity contribution in [1.82, 2.24) is 9.55 Å². The van der Waals surface area contributed by atoms with Crippen molar-refractivity contribution in [2.24, 2.45) is 0 Å². The number of aliphatic hydroxyl groups excluding tert-OH is 1. The van der Waals surface area contributed by atoms with E-state index in [1.807, 2.05) is 0 Å². The monoisotopic (exact) mass is 248 g/mol. The summed E-state index contributed by atoms with van der Waals surface area (Å²) in [6.07, 6.45) is 9.01. The number of nitrogens with zero attached hydrogens (tertiary/aromatic N) is 1. The fourth-order valence-corrected chi connectivity index (χ4v) is 1.67. The maximum absolute atomic E-state index is 11.6. The van der Waals surface area contributed by atoms with Crippen LogP contribution in [0.5, 0.6) is 0 Å². The minimum atomic E-state index is -1.21. The lowest BCUT2D eigenvalue weighted by Gasteiger charge is -2.21. The Morgan fingerprint density at radius 1 is 1.67 bits per heavy atom. The summed E-state index contributed by atoms with van der Waals surface area (Å²) in [6.45, 7) is 1.20. The summed E-state index contributed by atoms with van der Waals surface area (Å²) in [6, 6.07) is 0. The zero-order valence-corrected chi connectivity index (χ0v) is 9.71. The molecule has 1 aromatic rings. The van der Waals surface area contributed by atoms with Crippen LogP contribution >= 0.6 is 0 Å². The highest BCUT2D eigenvalue weighted by Crippen LogP contribution is 2.27. The van der Waals surface area contributed by atoms with Crippen molar-refractivity contribution < 1.29 is 9.84 Å². The van der Waals surface area contributed by atoms with Gasteiger partial charge in [0.25, 0.3) is 5.56 Å². The Labute approximate surface area is 103 Å². The van der Waals surface area contributed by atoms with Crippen molar-refractivity contribution in [2.45, 2.75) is 18.8 Å². The maximum atomic E-state index is 11.6. The Balaban J connectivity index is 2.41. The van der Waals surface area contributed by atoms with Gasteiger partial charge < -0.3 is 9.84 Å². The fourth-order valence-electron chi connectivity index (χ4n) is 1.67. The maximum Gasteiger partial charge on any atom is 0.330 e. The molecular weight excluding hydrogens is 236 g/mol. The van der Waals surface area contributed by atoms with Crippen LogP contribution < -0.4 is 11.2 Å². The Hall–Kier alpha value is -2.10. The number of ether oxygens (including phenoxy) is 1. The summed E-state index contributed by atoms with van der Waals surface area (Å²) < 4.78 is 6.66. The van der Waals surface area contributed by atoms with Gasteiger partial charge in [-0.3, -0.25) is 14.3 Å². The van der Waals surface area contributed by atoms with E-state index in [9.17, 15) is 14.7 Å². The van der Waals surface area contributed by atoms with Gasteiger partial charge in [0.1, 0.15) is 0 Å². The van der Waals surface area contributed by atoms with Crippen molar-refractivity contribution in [3.05, 3.63) is 44.8 Å². The minimum absolute atomic E-state index is 0.381. The average Bonchev–Trinajstić information content (AvgIpc) is 2.79. The Morgan fingerprint density at radius 2 is 2.39 bits per heavy atom. The summed E-state index contributed by atoms with van der Waals surface area (Å²) in [5.74, 6) is 2.33. The SMILES string of the molecule is C#C[C@@]1(CO)C=CC(n2cc(C)c(=O)[nH]c2=O)O1. The van der Waals surface area contributed by atoms with Crippen LogP contribution in [0.1, 0.15) is 11.8 Å². The van der Waals surface area contributed by atoms with Crippen LogP contribution in [0, 0.1) is 19.3 Å². The van der Waals surface area contributed by atoms with E-state index < -0.39 is 23.1 Å². The molecule has 6 heteroatoms. The van der Waals surface area contributed by atoms with Gasteiger partial charge in [0.05, 0.1) is 6.61 Å². The van der Waals surface area contributed by atoms with Crippen LogP contribution in [-0.4, -0.2) is 26.9 Å². The van der Waals surface area contributed by atoms with E-state index in [1.54, 1.807) is 13.0 Å². The highest BCUT2D eigenvalue weighted by molar-refractivity contribution is 5.25. The number of terminal acetylenes is 1. The number of H-pyrrole nitrogens is 1. The number of nitrogens with one attached hydrogen (secondary N) is 1. The van der Waals surface area contributed by atoms with E-state index >= 15 is 0 Å². The van der Waals surface area contributed by atoms with Gasteiger partial charge in [-0.1, -0.05) is 5.92 Å². The van der Waals surface area contributed by atoms with Crippen LogP contribution in [-0.2, 0) is 4.74 Å². The third kappa shape index (κ3) is 1.90. The van der Waals surface area contributed by atoms with Gasteiger partial charge in [-0.05, 0) is 19.1 Å². The van der Waals surface area contributed by atoms with Gasteiger partial charge in [0, 0.05) is 11.8 Å². The van der Waals surface area contributed by atoms with Gasteiger partial charge >= 0.3 is 5.69 Å². The first-order valence-electron chi connectivity index (χ1n) is 5.29. The summed E-state index contributed by atoms with van der Waals surface area (Å²) in [5.41, 5.74) is -1.86. The second-order valence-corrected chi connectivity index (χ2v) is 4.04. The van der Waals surface area contributed by atoms with E-state index in [4.69, 9.17) is 11.2 Å². The molecule has 2 rings (SSSR count). The van der Waals surface area contributed by atoms with Crippen molar-refractivity contribution in [3.8, 4) is 12.3 Å². The second-order valence-electron chi connectivity index (χ2n) is 4.04. The predicted molar refractivity (Wildman–Crippen MR) is 64.0 cm³/mol. The first-order valence-corrected chi connectivity index (χ1v) is 5.29. The Kier molecular flexibility index (Phi) is 2.95. The van der Waals surface area contributed by atoms with E-state index in [-0.39, 0.29) is 6.61 Å². The molecule has 0 fully saturated rings. The van der Waals surface area contributed by atoms with Crippen LogP contribution in [0.25, 0.3) is 0 Å². The molecule has 1 aliphatic rings. The van der Waals surface area contributed by atoms with E-state index in [0.29, 0.717) is 5.56 Å². The van der Waals surface area contributed by atoms with E-state index in [2.05, 4.69) is 10.9 Å². The topological polar surface area (TPSA) is 84.3 Å². The molecule has 0 radical (unpaired) electrons. The number of rotatable bonds is 2. The van der Waals surface area contributed by atoms with Crippen LogP contribution in [0.2, 0.25) is 0 Å². The van der Waals surface area contributed by atoms with E-state index in [1.165, 1.54) is 16.8 Å². The molecule has 94 valence electrons. The van der Waals surface area contributed by atoms with Crippen molar-refractivity contribution in [1.29, 1.82) is 0 Å². The van der Waals surface area contributed by atoms with Crippen molar-refractivity contribution in [2.75, 3.05) is 6.61 Å². The number of aromatic amines is 1. The van der Waals surface area contributed by atoms with Gasteiger partial charge in [-0.2, -0.15) is 0 Å². The molecule has 1 aliphatic heterocycles. The van der Waals surface area contributed by atoms with Crippen molar-refractivity contribution >= 4 is 0 Å². The van der Waals surface area contributed by atoms with E-state index in [0.717, 1.165) is 0 Å². The predicted octanol–water partition coefficient (Wildman–Crippen LogP) is -0.706. The largest absolute Gasteiger partial charge is 0.392 e. The average molecular weight is 248 g/mol. The van der Waals surface area contributed by atoms with Crippen molar-refractivity contribution in [3.63, 3.8) is 0 Å². The van der Waals surface area contributed by atoms with Crippen LogP contribution in [0.3, 0.4) is 0 Å². The zero-order valence-electron chi connectivity index (χ0n) is 9.71. The van der Waals surface area contributed by atoms with Crippen LogP contribution in [0.4, 0.5) is 0 Å². The number of hydrogen-bond acceptors (Lipinski definition) is 4. The highest BCUT2D eigenvalue weighted by Gasteiger charge is 2.34. The molecule has 0 saturated heterocycles. The molecule has 2 N–H and O–H groups in total. The molecule has 0 aliphatic carbocycles. The molecular formula is C12H12N2O4. The molecule has 1 unspecified atom stereocenters. The first-order chi connectivity index (χ1) is 8.51. The molecule has 2 heterocycles. The lowest BCUT2D eigenvalue weighted by Crippen LogP contribution is -2.36. The smallest absolute Gasteiger partial charge is 0.330 e. The third-order valence-corrected chi connectivity index (χ3v) is 2.76. The number of aryl methyl sites for hydroxylation is 1. The lowest BCUT2D eigenvalue weighted by atomic mass is 10.1. The van der Waals surface area contributed by atoms with Crippen LogP contribution in [0.15, 0.2) is 27.9 Å². The minimum Gasteiger partial charge on any atom is -0.392 e. The summed E-state index contributed by atoms with van der Waals surface area (Å²) in [5, 5.41) is 9.19. The molecule has 0 bridgehead atoms. The molecule has 1 aromatic heterocycles. The van der Waals surface area contributed by atoms with Gasteiger partial charge in [0.15, 0.2) is 11.8 Å². The van der Waals surface area contributed by atoms with Gasteiger partial charge in [-0.25, -0.2) is 4.79 Å². The summed E-state index contributed by atoms with van der Waals surface area (Å²) in [7, 11) is 0. The number of aromatic nitrogens is 2. The van der Waals surface area contributed by atoms with Gasteiger partial charge in [-0.15, -0.1) is 6.42 Å². The Bertz CT molecular complexity index is 649. The normalized spacial score (nSPS) is 26.2. The first kappa shape index (κ1) is 12.4. The second kappa shape index (κ2) is 4.29. The molecule has 6 nitrogen and oxygen atoms in total. The number of aliphatic hydroxyl groups is 1. The molecule has 0 amide bonds. The molecule has 2 atom stereocenters. The quantitative estimate of drug-likeness (QED) is 0.535. The third-order valence-electron chi connectivity index (χ3n) is 2.76. The summed E-state index contributed by atoms with van der Waals surface area (Å²) >= 11 is 0. The zero-order chi connectivity index (χ0) is 13.3. The molecule has 18 heavy (non-hydrogen) atoms. The number of hydrogen-bond donors (Lipinski definition) is 2. The lowest BCUT2D eigenvalue weighted by molar-refractivity contribution is -0.0503. The molecule has 0 aromatic carbocycles. The molecule has 0 spiro atoms. The molecule has 0 saturated carbocycles. The highest BCUT2D eigenvalue weighted by atomic mass is 16.5. The fraction of sp³-hybridized carbons (Fsp3) is 0.333. The standard InChI is InChI=1S/C12H12N2O4/c1-3-12(7-15)5-4-9(18-12)14-6-8(2)10(16)13-11(14)17/h1,4-6,9,15H,7H2,2H3,(H,13,16,17)/t9?,12-/m0/s1. The Morgan fingerprint density at radius 3 is 2.94 bits per heavy atom. The van der Waals surface area contributed by atoms with Gasteiger partial charge in [0.2, 0.25) is 0 Å².